The van der Waals surface area contributed by atoms with Crippen LogP contribution in [-0.2, 0) is 30.0 Å². The summed E-state index contributed by atoms with van der Waals surface area (Å²) in [5, 5.41) is 18.3. The van der Waals surface area contributed by atoms with Gasteiger partial charge in [0, 0.05) is 64.2 Å². The molecule has 0 aliphatic heterocycles. The zero-order chi connectivity index (χ0) is 34.4. The second kappa shape index (κ2) is 14.9. The number of amides is 3. The fourth-order valence-electron chi connectivity index (χ4n) is 5.01. The summed E-state index contributed by atoms with van der Waals surface area (Å²) in [6, 6.07) is 18.3. The van der Waals surface area contributed by atoms with Crippen molar-refractivity contribution < 1.29 is 23.9 Å². The molecule has 5 rings (SSSR count). The third-order valence-electron chi connectivity index (χ3n) is 7.55. The summed E-state index contributed by atoms with van der Waals surface area (Å²) in [6.45, 7) is -0.0160. The van der Waals surface area contributed by atoms with E-state index in [1.54, 1.807) is 68.4 Å². The smallest absolute Gasteiger partial charge is 0.270 e. The highest BCUT2D eigenvalue weighted by atomic mass is 35.5. The first kappa shape index (κ1) is 33.8. The van der Waals surface area contributed by atoms with Crippen LogP contribution < -0.4 is 15.4 Å². The predicted octanol–water partition coefficient (Wildman–Crippen LogP) is 4.20. The zero-order valence-electron chi connectivity index (χ0n) is 27.1. The van der Waals surface area contributed by atoms with Gasteiger partial charge in [0.1, 0.15) is 23.8 Å². The number of aromatic nitrogens is 5. The standard InChI is InChI=1S/C34H35ClN8O5/c1-41(2)34(46)26-17-23(9-13-30(26)48-20-47-5)22-8-12-27(35)24(16-22)18-28(39-33(45)29-14-15-37-43(29)4)32(44)38-25-10-6-21(7-11-25)31-40-36-19-42(31)3/h6-17,19,28H,18,20H2,1-5H3,(H,38,44)(H,39,45). The van der Waals surface area contributed by atoms with Crippen LogP contribution in [0.1, 0.15) is 26.4 Å². The maximum Gasteiger partial charge on any atom is 0.270 e. The Balaban J connectivity index is 1.44. The minimum atomic E-state index is -1.02. The van der Waals surface area contributed by atoms with E-state index in [4.69, 9.17) is 21.1 Å². The normalized spacial score (nSPS) is 11.5. The second-order valence-corrected chi connectivity index (χ2v) is 11.6. The molecule has 0 aliphatic rings. The van der Waals surface area contributed by atoms with Gasteiger partial charge < -0.3 is 29.6 Å². The third kappa shape index (κ3) is 7.70. The number of ether oxygens (including phenoxy) is 2. The zero-order valence-corrected chi connectivity index (χ0v) is 27.9. The fourth-order valence-corrected chi connectivity index (χ4v) is 5.21. The molecule has 0 saturated heterocycles. The number of nitrogens with one attached hydrogen (secondary N) is 2. The largest absolute Gasteiger partial charge is 0.467 e. The number of hydrogen-bond acceptors (Lipinski definition) is 8. The van der Waals surface area contributed by atoms with Gasteiger partial charge in [-0.2, -0.15) is 5.10 Å². The van der Waals surface area contributed by atoms with Crippen LogP contribution in [0.5, 0.6) is 5.75 Å². The molecule has 1 atom stereocenters. The van der Waals surface area contributed by atoms with Crippen LogP contribution in [0.15, 0.2) is 79.3 Å². The molecule has 2 N–H and O–H groups in total. The van der Waals surface area contributed by atoms with E-state index in [2.05, 4.69) is 25.9 Å². The van der Waals surface area contributed by atoms with Crippen LogP contribution in [-0.4, -0.2) is 81.2 Å². The van der Waals surface area contributed by atoms with Crippen molar-refractivity contribution in [2.45, 2.75) is 12.5 Å². The lowest BCUT2D eigenvalue weighted by Gasteiger charge is -2.20. The number of carbonyl (C=O) groups excluding carboxylic acids is 3. The Hall–Kier alpha value is -5.53. The molecule has 0 fully saturated rings. The van der Waals surface area contributed by atoms with E-state index in [0.717, 1.165) is 16.7 Å². The van der Waals surface area contributed by atoms with Crippen molar-refractivity contribution in [1.29, 1.82) is 0 Å². The third-order valence-corrected chi connectivity index (χ3v) is 7.92. The molecule has 0 spiro atoms. The molecular formula is C34H35ClN8O5. The van der Waals surface area contributed by atoms with Crippen molar-refractivity contribution in [3.05, 3.63) is 101 Å². The van der Waals surface area contributed by atoms with Crippen molar-refractivity contribution in [3.8, 4) is 28.3 Å². The Morgan fingerprint density at radius 2 is 1.67 bits per heavy atom. The SMILES string of the molecule is COCOc1ccc(-c2ccc(Cl)c(CC(NC(=O)c3ccnn3C)C(=O)Nc3ccc(-c4nncn4C)cc3)c2)cc1C(=O)N(C)C. The molecule has 2 aromatic heterocycles. The number of aryl methyl sites for hydroxylation is 2. The molecule has 2 heterocycles. The maximum absolute atomic E-state index is 13.8. The van der Waals surface area contributed by atoms with Crippen molar-refractivity contribution in [1.82, 2.24) is 34.8 Å². The van der Waals surface area contributed by atoms with Crippen LogP contribution in [0.4, 0.5) is 5.69 Å². The molecule has 0 radical (unpaired) electrons. The van der Waals surface area contributed by atoms with E-state index < -0.39 is 17.9 Å². The van der Waals surface area contributed by atoms with Crippen LogP contribution in [0, 0.1) is 0 Å². The highest BCUT2D eigenvalue weighted by Gasteiger charge is 2.25. The van der Waals surface area contributed by atoms with Gasteiger partial charge in [-0.15, -0.1) is 10.2 Å². The quantitative estimate of drug-likeness (QED) is 0.188. The summed E-state index contributed by atoms with van der Waals surface area (Å²) in [4.78, 5) is 41.5. The van der Waals surface area contributed by atoms with Crippen molar-refractivity contribution in [2.75, 3.05) is 33.3 Å². The van der Waals surface area contributed by atoms with Crippen LogP contribution >= 0.6 is 11.6 Å². The number of rotatable bonds is 12. The van der Waals surface area contributed by atoms with E-state index in [1.165, 1.54) is 22.9 Å². The lowest BCUT2D eigenvalue weighted by atomic mass is 9.97. The maximum atomic E-state index is 13.8. The number of benzene rings is 3. The van der Waals surface area contributed by atoms with Gasteiger partial charge >= 0.3 is 0 Å². The Labute approximate surface area is 282 Å². The van der Waals surface area contributed by atoms with Crippen LogP contribution in [0.2, 0.25) is 5.02 Å². The minimum absolute atomic E-state index is 0.0160. The second-order valence-electron chi connectivity index (χ2n) is 11.2. The Morgan fingerprint density at radius 1 is 0.958 bits per heavy atom. The highest BCUT2D eigenvalue weighted by Crippen LogP contribution is 2.31. The number of hydrogen-bond donors (Lipinski definition) is 2. The Bertz CT molecular complexity index is 1940. The molecule has 248 valence electrons. The molecule has 14 heteroatoms. The molecule has 0 aliphatic carbocycles. The molecule has 1 unspecified atom stereocenters. The van der Waals surface area contributed by atoms with Crippen LogP contribution in [0.25, 0.3) is 22.5 Å². The fraction of sp³-hybridized carbons (Fsp3) is 0.235. The first-order valence-corrected chi connectivity index (χ1v) is 15.2. The van der Waals surface area contributed by atoms with Gasteiger partial charge in [-0.05, 0) is 71.3 Å². The Kier molecular flexibility index (Phi) is 10.5. The van der Waals surface area contributed by atoms with Gasteiger partial charge in [-0.1, -0.05) is 23.7 Å². The van der Waals surface area contributed by atoms with E-state index in [9.17, 15) is 14.4 Å². The number of carbonyl (C=O) groups is 3. The summed E-state index contributed by atoms with van der Waals surface area (Å²) < 4.78 is 13.9. The van der Waals surface area contributed by atoms with Crippen molar-refractivity contribution in [3.63, 3.8) is 0 Å². The molecule has 5 aromatic rings. The van der Waals surface area contributed by atoms with Gasteiger partial charge in [-0.25, -0.2) is 0 Å². The van der Waals surface area contributed by atoms with E-state index >= 15 is 0 Å². The summed E-state index contributed by atoms with van der Waals surface area (Å²) in [5.41, 5.74) is 4.08. The summed E-state index contributed by atoms with van der Waals surface area (Å²) >= 11 is 6.67. The number of anilines is 1. The lowest BCUT2D eigenvalue weighted by Crippen LogP contribution is -2.45. The van der Waals surface area contributed by atoms with Gasteiger partial charge in [0.2, 0.25) is 5.91 Å². The minimum Gasteiger partial charge on any atom is -0.467 e. The van der Waals surface area contributed by atoms with E-state index in [0.29, 0.717) is 33.4 Å². The average Bonchev–Trinajstić information content (AvgIpc) is 3.71. The monoisotopic (exact) mass is 670 g/mol. The van der Waals surface area contributed by atoms with Gasteiger partial charge in [0.25, 0.3) is 11.8 Å². The van der Waals surface area contributed by atoms with Gasteiger partial charge in [-0.3, -0.25) is 19.1 Å². The molecule has 0 saturated carbocycles. The lowest BCUT2D eigenvalue weighted by molar-refractivity contribution is -0.118. The molecule has 3 amide bonds. The summed E-state index contributed by atoms with van der Waals surface area (Å²) in [6.07, 6.45) is 3.18. The van der Waals surface area contributed by atoms with E-state index in [-0.39, 0.29) is 24.8 Å². The number of nitrogens with zero attached hydrogens (tertiary/aromatic N) is 6. The average molecular weight is 671 g/mol. The highest BCUT2D eigenvalue weighted by molar-refractivity contribution is 6.31. The first-order valence-electron chi connectivity index (χ1n) is 14.9. The van der Waals surface area contributed by atoms with Gasteiger partial charge in [0.15, 0.2) is 12.6 Å². The number of halogens is 1. The van der Waals surface area contributed by atoms with Gasteiger partial charge in [0.05, 0.1) is 5.56 Å². The number of methoxy groups -OCH3 is 1. The summed E-state index contributed by atoms with van der Waals surface area (Å²) in [5.74, 6) is -0.0985. The Morgan fingerprint density at radius 3 is 2.31 bits per heavy atom. The molecule has 13 nitrogen and oxygen atoms in total. The first-order chi connectivity index (χ1) is 23.0. The van der Waals surface area contributed by atoms with Crippen molar-refractivity contribution >= 4 is 35.0 Å². The van der Waals surface area contributed by atoms with Crippen LogP contribution in [0.3, 0.4) is 0 Å². The van der Waals surface area contributed by atoms with Crippen molar-refractivity contribution in [2.24, 2.45) is 14.1 Å². The molecule has 48 heavy (non-hydrogen) atoms. The summed E-state index contributed by atoms with van der Waals surface area (Å²) in [7, 11) is 8.31. The predicted molar refractivity (Wildman–Crippen MR) is 181 cm³/mol. The molecule has 0 bridgehead atoms. The molecule has 3 aromatic carbocycles. The van der Waals surface area contributed by atoms with E-state index in [1.807, 2.05) is 37.4 Å². The topological polar surface area (TPSA) is 146 Å². The molecular weight excluding hydrogens is 636 g/mol.